The predicted octanol–water partition coefficient (Wildman–Crippen LogP) is 4.14. The lowest BCUT2D eigenvalue weighted by Crippen LogP contribution is -2.35. The van der Waals surface area contributed by atoms with Gasteiger partial charge in [-0.25, -0.2) is 0 Å². The Morgan fingerprint density at radius 1 is 1.04 bits per heavy atom. The van der Waals surface area contributed by atoms with Crippen LogP contribution >= 0.6 is 0 Å². The summed E-state index contributed by atoms with van der Waals surface area (Å²) in [7, 11) is 0. The molecular formula is C23H23NO3. The van der Waals surface area contributed by atoms with Crippen molar-refractivity contribution in [3.8, 4) is 0 Å². The maximum Gasteiger partial charge on any atom is 0.254 e. The molecule has 1 unspecified atom stereocenters. The summed E-state index contributed by atoms with van der Waals surface area (Å²) in [6.45, 7) is 0.631. The third kappa shape index (κ3) is 3.81. The highest BCUT2D eigenvalue weighted by Crippen LogP contribution is 2.27. The first-order valence-corrected chi connectivity index (χ1v) is 9.38. The Morgan fingerprint density at radius 3 is 2.67 bits per heavy atom. The van der Waals surface area contributed by atoms with Gasteiger partial charge in [0.15, 0.2) is 0 Å². The molecule has 0 saturated carbocycles. The average Bonchev–Trinajstić information content (AvgIpc) is 3.39. The van der Waals surface area contributed by atoms with Crippen LogP contribution in [0.4, 0.5) is 0 Å². The first kappa shape index (κ1) is 17.6. The predicted molar refractivity (Wildman–Crippen MR) is 103 cm³/mol. The monoisotopic (exact) mass is 361 g/mol. The smallest absolute Gasteiger partial charge is 0.254 e. The first-order valence-electron chi connectivity index (χ1n) is 9.38. The van der Waals surface area contributed by atoms with E-state index in [9.17, 15) is 9.90 Å². The van der Waals surface area contributed by atoms with Crippen molar-refractivity contribution in [3.05, 3.63) is 94.9 Å². The summed E-state index contributed by atoms with van der Waals surface area (Å²) in [5.74, 6) is 0.433. The highest BCUT2D eigenvalue weighted by atomic mass is 16.4. The summed E-state index contributed by atoms with van der Waals surface area (Å²) in [6.07, 6.45) is 3.74. The van der Waals surface area contributed by atoms with Crippen LogP contribution in [-0.2, 0) is 19.4 Å². The molecule has 1 atom stereocenters. The number of hydrogen-bond acceptors (Lipinski definition) is 3. The van der Waals surface area contributed by atoms with Gasteiger partial charge in [0.05, 0.1) is 12.8 Å². The van der Waals surface area contributed by atoms with Gasteiger partial charge in [-0.1, -0.05) is 42.5 Å². The molecule has 1 N–H and O–H groups in total. The van der Waals surface area contributed by atoms with Gasteiger partial charge in [0, 0.05) is 12.1 Å². The van der Waals surface area contributed by atoms with Gasteiger partial charge in [0.2, 0.25) is 0 Å². The van der Waals surface area contributed by atoms with Crippen LogP contribution in [0.2, 0.25) is 0 Å². The largest absolute Gasteiger partial charge is 0.467 e. The molecule has 1 aromatic heterocycles. The lowest BCUT2D eigenvalue weighted by Gasteiger charge is -2.26. The second-order valence-electron chi connectivity index (χ2n) is 7.00. The minimum atomic E-state index is -0.857. The number of furan rings is 1. The molecule has 4 heteroatoms. The van der Waals surface area contributed by atoms with Crippen molar-refractivity contribution in [2.45, 2.75) is 31.9 Å². The fraction of sp³-hybridized carbons (Fsp3) is 0.261. The van der Waals surface area contributed by atoms with Gasteiger partial charge in [-0.3, -0.25) is 4.79 Å². The topological polar surface area (TPSA) is 53.7 Å². The number of aryl methyl sites for hydroxylation is 1. The van der Waals surface area contributed by atoms with Crippen molar-refractivity contribution < 1.29 is 14.3 Å². The third-order valence-electron chi connectivity index (χ3n) is 5.14. The fourth-order valence-corrected chi connectivity index (χ4v) is 3.79. The van der Waals surface area contributed by atoms with Gasteiger partial charge < -0.3 is 14.4 Å². The third-order valence-corrected chi connectivity index (χ3v) is 5.14. The fourth-order valence-electron chi connectivity index (χ4n) is 3.79. The van der Waals surface area contributed by atoms with E-state index in [2.05, 4.69) is 6.07 Å². The normalized spacial score (nSPS) is 14.0. The van der Waals surface area contributed by atoms with Crippen molar-refractivity contribution in [3.63, 3.8) is 0 Å². The van der Waals surface area contributed by atoms with Crippen LogP contribution < -0.4 is 0 Å². The van der Waals surface area contributed by atoms with E-state index in [1.54, 1.807) is 17.0 Å². The standard InChI is InChI=1S/C23H23NO3/c25-21(22-13-6-14-27-22)16-24(15-17-7-2-1-3-8-17)23(26)20-12-5-10-18-9-4-11-19(18)20/h1-3,5-8,10,12-14,21,25H,4,9,11,15-16H2. The van der Waals surface area contributed by atoms with Gasteiger partial charge in [-0.05, 0) is 54.2 Å². The van der Waals surface area contributed by atoms with E-state index in [4.69, 9.17) is 4.42 Å². The Hall–Kier alpha value is -2.85. The van der Waals surface area contributed by atoms with Crippen LogP contribution in [0, 0.1) is 0 Å². The Balaban J connectivity index is 1.62. The molecule has 1 amide bonds. The van der Waals surface area contributed by atoms with Gasteiger partial charge in [0.25, 0.3) is 5.91 Å². The van der Waals surface area contributed by atoms with Gasteiger partial charge in [-0.2, -0.15) is 0 Å². The Labute approximate surface area is 159 Å². The van der Waals surface area contributed by atoms with Crippen molar-refractivity contribution in [1.82, 2.24) is 4.90 Å². The molecule has 0 saturated heterocycles. The van der Waals surface area contributed by atoms with E-state index in [1.165, 1.54) is 11.8 Å². The highest BCUT2D eigenvalue weighted by molar-refractivity contribution is 5.96. The Morgan fingerprint density at radius 2 is 1.89 bits per heavy atom. The summed E-state index contributed by atoms with van der Waals surface area (Å²) in [4.78, 5) is 15.1. The van der Waals surface area contributed by atoms with Crippen molar-refractivity contribution in [1.29, 1.82) is 0 Å². The molecule has 27 heavy (non-hydrogen) atoms. The molecule has 0 bridgehead atoms. The second-order valence-corrected chi connectivity index (χ2v) is 7.00. The molecule has 0 aliphatic heterocycles. The SMILES string of the molecule is O=C(c1cccc2c1CCC2)N(Cc1ccccc1)CC(O)c1ccco1. The molecule has 4 rings (SSSR count). The number of hydrogen-bond donors (Lipinski definition) is 1. The lowest BCUT2D eigenvalue weighted by molar-refractivity contribution is 0.0562. The molecule has 0 spiro atoms. The highest BCUT2D eigenvalue weighted by Gasteiger charge is 2.25. The van der Waals surface area contributed by atoms with Crippen LogP contribution in [0.15, 0.2) is 71.3 Å². The molecule has 1 aliphatic rings. The zero-order valence-corrected chi connectivity index (χ0v) is 15.2. The summed E-state index contributed by atoms with van der Waals surface area (Å²) < 4.78 is 5.32. The molecule has 138 valence electrons. The minimum absolute atomic E-state index is 0.0387. The number of fused-ring (bicyclic) bond motifs is 1. The quantitative estimate of drug-likeness (QED) is 0.718. The van der Waals surface area contributed by atoms with Crippen molar-refractivity contribution in [2.75, 3.05) is 6.54 Å². The van der Waals surface area contributed by atoms with E-state index in [1.807, 2.05) is 42.5 Å². The number of carbonyl (C=O) groups excluding carboxylic acids is 1. The molecule has 0 radical (unpaired) electrons. The molecule has 2 aromatic carbocycles. The summed E-state index contributed by atoms with van der Waals surface area (Å²) in [6, 6.07) is 19.3. The summed E-state index contributed by atoms with van der Waals surface area (Å²) in [5, 5.41) is 10.6. The Bertz CT molecular complexity index is 903. The van der Waals surface area contributed by atoms with Crippen molar-refractivity contribution in [2.24, 2.45) is 0 Å². The number of nitrogens with zero attached hydrogens (tertiary/aromatic N) is 1. The number of aliphatic hydroxyl groups is 1. The molecular weight excluding hydrogens is 338 g/mol. The number of amides is 1. The zero-order chi connectivity index (χ0) is 18.6. The molecule has 0 fully saturated rings. The molecule has 1 heterocycles. The number of benzene rings is 2. The summed E-state index contributed by atoms with van der Waals surface area (Å²) >= 11 is 0. The number of rotatable bonds is 6. The Kier molecular flexibility index (Phi) is 5.07. The van der Waals surface area contributed by atoms with Crippen LogP contribution in [-0.4, -0.2) is 22.5 Å². The number of aliphatic hydroxyl groups excluding tert-OH is 1. The van der Waals surface area contributed by atoms with Crippen LogP contribution in [0.3, 0.4) is 0 Å². The molecule has 3 aromatic rings. The number of carbonyl (C=O) groups is 1. The van der Waals surface area contributed by atoms with E-state index in [-0.39, 0.29) is 12.5 Å². The maximum atomic E-state index is 13.4. The van der Waals surface area contributed by atoms with Gasteiger partial charge in [-0.15, -0.1) is 0 Å². The maximum absolute atomic E-state index is 13.4. The van der Waals surface area contributed by atoms with Gasteiger partial charge in [0.1, 0.15) is 11.9 Å². The van der Waals surface area contributed by atoms with Crippen LogP contribution in [0.5, 0.6) is 0 Å². The van der Waals surface area contributed by atoms with E-state index >= 15 is 0 Å². The van der Waals surface area contributed by atoms with Crippen LogP contribution in [0.1, 0.15) is 45.3 Å². The summed E-state index contributed by atoms with van der Waals surface area (Å²) in [5.41, 5.74) is 4.22. The lowest BCUT2D eigenvalue weighted by atomic mass is 10.0. The van der Waals surface area contributed by atoms with E-state index < -0.39 is 6.10 Å². The molecule has 1 aliphatic carbocycles. The first-order chi connectivity index (χ1) is 13.2. The van der Waals surface area contributed by atoms with E-state index in [0.29, 0.717) is 12.3 Å². The average molecular weight is 361 g/mol. The van der Waals surface area contributed by atoms with E-state index in [0.717, 1.165) is 36.0 Å². The minimum Gasteiger partial charge on any atom is -0.467 e. The van der Waals surface area contributed by atoms with Gasteiger partial charge >= 0.3 is 0 Å². The zero-order valence-electron chi connectivity index (χ0n) is 15.2. The van der Waals surface area contributed by atoms with Crippen molar-refractivity contribution >= 4 is 5.91 Å². The molecule has 4 nitrogen and oxygen atoms in total. The second kappa shape index (κ2) is 7.80. The van der Waals surface area contributed by atoms with Crippen LogP contribution in [0.25, 0.3) is 0 Å².